The van der Waals surface area contributed by atoms with Gasteiger partial charge in [0.25, 0.3) is 0 Å². The zero-order valence-electron chi connectivity index (χ0n) is 7.86. The van der Waals surface area contributed by atoms with Crippen molar-refractivity contribution in [3.63, 3.8) is 0 Å². The lowest BCUT2D eigenvalue weighted by molar-refractivity contribution is 0.300. The second-order valence-corrected chi connectivity index (χ2v) is 3.03. The number of aryl methyl sites for hydroxylation is 1. The molecule has 0 fully saturated rings. The summed E-state index contributed by atoms with van der Waals surface area (Å²) in [5, 5.41) is 10.7. The third kappa shape index (κ3) is 2.00. The molecular formula is C9H11N3O2. The summed E-state index contributed by atoms with van der Waals surface area (Å²) in [6.45, 7) is 3.27. The van der Waals surface area contributed by atoms with Crippen molar-refractivity contribution in [3.8, 4) is 0 Å². The fourth-order valence-corrected chi connectivity index (χ4v) is 1.13. The third-order valence-electron chi connectivity index (χ3n) is 1.95. The maximum atomic E-state index is 4.94. The van der Waals surface area contributed by atoms with E-state index in [1.54, 1.807) is 12.5 Å². The lowest BCUT2D eigenvalue weighted by Crippen LogP contribution is -2.13. The fraction of sp³-hybridized carbons (Fsp3) is 0.333. The molecule has 0 aliphatic rings. The molecule has 1 N–H and O–H groups in total. The molecule has 0 saturated carbocycles. The molecule has 74 valence electrons. The van der Waals surface area contributed by atoms with Gasteiger partial charge in [0.15, 0.2) is 0 Å². The molecule has 2 rings (SSSR count). The Morgan fingerprint density at radius 1 is 1.36 bits per heavy atom. The fourth-order valence-electron chi connectivity index (χ4n) is 1.13. The highest BCUT2D eigenvalue weighted by molar-refractivity contribution is 5.07. The first kappa shape index (κ1) is 8.96. The second kappa shape index (κ2) is 4.06. The maximum absolute atomic E-state index is 4.94. The van der Waals surface area contributed by atoms with Crippen LogP contribution in [0, 0.1) is 6.92 Å². The average Bonchev–Trinajstić information content (AvgIpc) is 2.78. The number of hydrogen-bond donors (Lipinski definition) is 1. The van der Waals surface area contributed by atoms with Crippen molar-refractivity contribution in [2.24, 2.45) is 0 Å². The molecule has 0 aromatic carbocycles. The molecule has 0 amide bonds. The first-order valence-electron chi connectivity index (χ1n) is 4.36. The molecule has 0 atom stereocenters. The topological polar surface area (TPSA) is 64.1 Å². The van der Waals surface area contributed by atoms with Crippen LogP contribution in [-0.2, 0) is 13.1 Å². The van der Waals surface area contributed by atoms with Crippen LogP contribution in [0.25, 0.3) is 0 Å². The predicted octanol–water partition coefficient (Wildman–Crippen LogP) is 1.26. The molecule has 14 heavy (non-hydrogen) atoms. The molecule has 5 nitrogen and oxygen atoms in total. The highest BCUT2D eigenvalue weighted by atomic mass is 16.6. The summed E-state index contributed by atoms with van der Waals surface area (Å²) >= 11 is 0. The monoisotopic (exact) mass is 193 g/mol. The molecule has 0 radical (unpaired) electrons. The lowest BCUT2D eigenvalue weighted by Gasteiger charge is -1.98. The first-order valence-corrected chi connectivity index (χ1v) is 4.36. The number of rotatable bonds is 4. The van der Waals surface area contributed by atoms with Gasteiger partial charge in [-0.1, -0.05) is 10.3 Å². The Balaban J connectivity index is 1.81. The summed E-state index contributed by atoms with van der Waals surface area (Å²) in [7, 11) is 0. The Hall–Kier alpha value is -1.62. The summed E-state index contributed by atoms with van der Waals surface area (Å²) in [6.07, 6.45) is 3.36. The molecule has 0 bridgehead atoms. The summed E-state index contributed by atoms with van der Waals surface area (Å²) in [6, 6.07) is 1.92. The summed E-state index contributed by atoms with van der Waals surface area (Å²) in [5.41, 5.74) is 2.78. The molecule has 2 heterocycles. The van der Waals surface area contributed by atoms with Crippen LogP contribution < -0.4 is 5.32 Å². The van der Waals surface area contributed by atoms with Crippen molar-refractivity contribution in [1.29, 1.82) is 0 Å². The standard InChI is InChI=1S/C9H11N3O2/c1-7-9(12-14-11-7)5-10-4-8-2-3-13-6-8/h2-3,6,10H,4-5H2,1H3. The van der Waals surface area contributed by atoms with E-state index in [-0.39, 0.29) is 0 Å². The van der Waals surface area contributed by atoms with Crippen LogP contribution in [0.1, 0.15) is 17.0 Å². The maximum Gasteiger partial charge on any atom is 0.121 e. The van der Waals surface area contributed by atoms with Crippen LogP contribution in [0.5, 0.6) is 0 Å². The van der Waals surface area contributed by atoms with E-state index >= 15 is 0 Å². The predicted molar refractivity (Wildman–Crippen MR) is 48.3 cm³/mol. The number of aromatic nitrogens is 2. The molecular weight excluding hydrogens is 182 g/mol. The Morgan fingerprint density at radius 2 is 2.29 bits per heavy atom. The Labute approximate surface area is 81.1 Å². The van der Waals surface area contributed by atoms with Gasteiger partial charge in [-0.3, -0.25) is 0 Å². The number of nitrogens with zero attached hydrogens (tertiary/aromatic N) is 2. The number of hydrogen-bond acceptors (Lipinski definition) is 5. The van der Waals surface area contributed by atoms with Crippen LogP contribution in [0.2, 0.25) is 0 Å². The minimum Gasteiger partial charge on any atom is -0.472 e. The van der Waals surface area contributed by atoms with Crippen molar-refractivity contribution in [2.75, 3.05) is 0 Å². The SMILES string of the molecule is Cc1nonc1CNCc1ccoc1. The van der Waals surface area contributed by atoms with Crippen LogP contribution in [0.15, 0.2) is 27.6 Å². The molecule has 0 unspecified atom stereocenters. The van der Waals surface area contributed by atoms with Gasteiger partial charge in [0.1, 0.15) is 11.4 Å². The van der Waals surface area contributed by atoms with E-state index in [4.69, 9.17) is 4.42 Å². The largest absolute Gasteiger partial charge is 0.472 e. The molecule has 2 aromatic heterocycles. The van der Waals surface area contributed by atoms with Crippen LogP contribution in [0.3, 0.4) is 0 Å². The molecule has 0 aliphatic carbocycles. The Bertz CT molecular complexity index is 380. The van der Waals surface area contributed by atoms with Crippen LogP contribution >= 0.6 is 0 Å². The second-order valence-electron chi connectivity index (χ2n) is 3.03. The van der Waals surface area contributed by atoms with Crippen LogP contribution in [-0.4, -0.2) is 10.3 Å². The molecule has 0 spiro atoms. The number of furan rings is 1. The van der Waals surface area contributed by atoms with Gasteiger partial charge < -0.3 is 9.73 Å². The Morgan fingerprint density at radius 3 is 2.93 bits per heavy atom. The van der Waals surface area contributed by atoms with Gasteiger partial charge in [0.05, 0.1) is 12.5 Å². The van der Waals surface area contributed by atoms with E-state index in [0.717, 1.165) is 23.5 Å². The van der Waals surface area contributed by atoms with Gasteiger partial charge >= 0.3 is 0 Å². The van der Waals surface area contributed by atoms with E-state index in [1.165, 1.54) is 0 Å². The highest BCUT2D eigenvalue weighted by Crippen LogP contribution is 2.02. The quantitative estimate of drug-likeness (QED) is 0.791. The highest BCUT2D eigenvalue weighted by Gasteiger charge is 2.03. The van der Waals surface area contributed by atoms with Crippen molar-refractivity contribution in [2.45, 2.75) is 20.0 Å². The van der Waals surface area contributed by atoms with E-state index in [9.17, 15) is 0 Å². The Kier molecular flexibility index (Phi) is 2.60. The summed E-state index contributed by atoms with van der Waals surface area (Å²) < 4.78 is 9.51. The third-order valence-corrected chi connectivity index (χ3v) is 1.95. The van der Waals surface area contributed by atoms with E-state index in [0.29, 0.717) is 6.54 Å². The number of nitrogens with one attached hydrogen (secondary N) is 1. The zero-order chi connectivity index (χ0) is 9.80. The van der Waals surface area contributed by atoms with E-state index < -0.39 is 0 Å². The normalized spacial score (nSPS) is 10.6. The lowest BCUT2D eigenvalue weighted by atomic mass is 10.3. The van der Waals surface area contributed by atoms with Crippen molar-refractivity contribution in [1.82, 2.24) is 15.6 Å². The van der Waals surface area contributed by atoms with E-state index in [1.807, 2.05) is 13.0 Å². The van der Waals surface area contributed by atoms with Crippen molar-refractivity contribution >= 4 is 0 Å². The first-order chi connectivity index (χ1) is 6.86. The van der Waals surface area contributed by atoms with Gasteiger partial charge in [0.2, 0.25) is 0 Å². The molecule has 2 aromatic rings. The van der Waals surface area contributed by atoms with Gasteiger partial charge in [-0.05, 0) is 13.0 Å². The molecule has 0 saturated heterocycles. The minimum atomic E-state index is 0.653. The van der Waals surface area contributed by atoms with Gasteiger partial charge in [-0.25, -0.2) is 4.63 Å². The van der Waals surface area contributed by atoms with Gasteiger partial charge in [-0.15, -0.1) is 0 Å². The molecule has 5 heteroatoms. The van der Waals surface area contributed by atoms with E-state index in [2.05, 4.69) is 20.3 Å². The van der Waals surface area contributed by atoms with Crippen LogP contribution in [0.4, 0.5) is 0 Å². The minimum absolute atomic E-state index is 0.653. The van der Waals surface area contributed by atoms with Crippen molar-refractivity contribution < 1.29 is 9.05 Å². The average molecular weight is 193 g/mol. The van der Waals surface area contributed by atoms with Gasteiger partial charge in [-0.2, -0.15) is 0 Å². The van der Waals surface area contributed by atoms with Crippen molar-refractivity contribution in [3.05, 3.63) is 35.5 Å². The smallest absolute Gasteiger partial charge is 0.121 e. The summed E-state index contributed by atoms with van der Waals surface area (Å²) in [5.74, 6) is 0. The molecule has 0 aliphatic heterocycles. The summed E-state index contributed by atoms with van der Waals surface area (Å²) in [4.78, 5) is 0. The van der Waals surface area contributed by atoms with Gasteiger partial charge in [0, 0.05) is 18.7 Å². The zero-order valence-corrected chi connectivity index (χ0v) is 7.86.